The molecule has 230 valence electrons. The first-order valence-corrected chi connectivity index (χ1v) is 12.9. The lowest BCUT2D eigenvalue weighted by Gasteiger charge is -2.21. The second kappa shape index (κ2) is 14.5. The second-order valence-electron chi connectivity index (χ2n) is 9.21. The molecule has 0 aliphatic rings. The first-order chi connectivity index (χ1) is 20.4. The Bertz CT molecular complexity index is 1800. The molecular weight excluding hydrogens is 609 g/mol. The highest BCUT2D eigenvalue weighted by Crippen LogP contribution is 2.44. The smallest absolute Gasteiger partial charge is 0.355 e. The number of aromatic nitrogens is 2. The molecule has 5 rings (SSSR count). The van der Waals surface area contributed by atoms with Gasteiger partial charge in [-0.1, -0.05) is 0 Å². The number of esters is 1. The molecule has 10 nitrogen and oxygen atoms in total. The molecule has 0 unspecified atom stereocenters. The molecule has 0 spiro atoms. The van der Waals surface area contributed by atoms with Gasteiger partial charge in [0.05, 0.1) is 33.8 Å². The number of methoxy groups -OCH3 is 4. The van der Waals surface area contributed by atoms with Gasteiger partial charge < -0.3 is 29.4 Å². The van der Waals surface area contributed by atoms with E-state index >= 15 is 0 Å². The number of nitrogens with two attached hydrogens (primary N) is 1. The minimum Gasteiger partial charge on any atom is -0.493 e. The molecule has 0 saturated heterocycles. The minimum absolute atomic E-state index is 0. The van der Waals surface area contributed by atoms with Crippen molar-refractivity contribution in [2.45, 2.75) is 6.61 Å². The first kappa shape index (κ1) is 33.6. The van der Waals surface area contributed by atoms with Crippen molar-refractivity contribution in [2.75, 3.05) is 34.2 Å². The Morgan fingerprint density at radius 3 is 2.02 bits per heavy atom. The number of hydrogen-bond donors (Lipinski definition) is 1. The summed E-state index contributed by atoms with van der Waals surface area (Å²) in [6.07, 6.45) is 3.37. The van der Waals surface area contributed by atoms with Crippen molar-refractivity contribution in [3.8, 4) is 39.8 Å². The molecule has 2 aromatic heterocycles. The summed E-state index contributed by atoms with van der Waals surface area (Å²) in [5.41, 5.74) is 8.31. The van der Waals surface area contributed by atoms with E-state index in [-0.39, 0.29) is 37.1 Å². The summed E-state index contributed by atoms with van der Waals surface area (Å²) in [6, 6.07) is 18.9. The Morgan fingerprint density at radius 1 is 0.818 bits per heavy atom. The average Bonchev–Trinajstić information content (AvgIpc) is 3.03. The number of carbonyl (C=O) groups is 1. The van der Waals surface area contributed by atoms with E-state index in [0.717, 1.165) is 5.56 Å². The standard InChI is InChI=1S/C32H29N3O7.2ClH/c1-38-26-15-20(16-27(39-2)30(26)40-3)28-24-10-9-23(42-18-19-11-13-34-14-12-19)17-25(24)31(36)35(29(28)32(37)41-4)22-7-5-21(33)6-8-22;;/h5-17H,18,33H2,1-4H3;2*1H. The Hall–Kier alpha value is -4.93. The normalized spacial score (nSPS) is 10.3. The third-order valence-electron chi connectivity index (χ3n) is 6.79. The molecule has 44 heavy (non-hydrogen) atoms. The van der Waals surface area contributed by atoms with E-state index in [4.69, 9.17) is 29.4 Å². The van der Waals surface area contributed by atoms with Gasteiger partial charge in [-0.2, -0.15) is 0 Å². The molecule has 5 aromatic rings. The van der Waals surface area contributed by atoms with Crippen molar-refractivity contribution in [2.24, 2.45) is 0 Å². The van der Waals surface area contributed by atoms with E-state index in [9.17, 15) is 9.59 Å². The van der Waals surface area contributed by atoms with Gasteiger partial charge in [0.25, 0.3) is 5.56 Å². The van der Waals surface area contributed by atoms with Crippen LogP contribution in [0.15, 0.2) is 83.9 Å². The molecule has 2 heterocycles. The molecule has 0 aliphatic carbocycles. The predicted octanol–water partition coefficient (Wildman–Crippen LogP) is 5.87. The van der Waals surface area contributed by atoms with Crippen LogP contribution in [0.3, 0.4) is 0 Å². The molecule has 0 saturated carbocycles. The van der Waals surface area contributed by atoms with Gasteiger partial charge >= 0.3 is 5.97 Å². The van der Waals surface area contributed by atoms with Gasteiger partial charge in [-0.15, -0.1) is 24.8 Å². The Balaban J connectivity index is 0.00000264. The topological polar surface area (TPSA) is 124 Å². The number of nitrogens with zero attached hydrogens (tertiary/aromatic N) is 2. The monoisotopic (exact) mass is 639 g/mol. The zero-order valence-corrected chi connectivity index (χ0v) is 26.0. The summed E-state index contributed by atoms with van der Waals surface area (Å²) < 4.78 is 29.3. The molecule has 0 fully saturated rings. The van der Waals surface area contributed by atoms with Gasteiger partial charge in [0, 0.05) is 29.3 Å². The number of carbonyl (C=O) groups excluding carboxylic acids is 1. The van der Waals surface area contributed by atoms with Crippen LogP contribution in [0.5, 0.6) is 23.0 Å². The van der Waals surface area contributed by atoms with E-state index in [1.807, 2.05) is 12.1 Å². The van der Waals surface area contributed by atoms with Crippen molar-refractivity contribution in [3.05, 3.63) is 101 Å². The van der Waals surface area contributed by atoms with Crippen LogP contribution in [-0.4, -0.2) is 44.0 Å². The van der Waals surface area contributed by atoms with Crippen LogP contribution in [0.4, 0.5) is 5.69 Å². The third-order valence-corrected chi connectivity index (χ3v) is 6.79. The van der Waals surface area contributed by atoms with E-state index < -0.39 is 11.5 Å². The molecule has 0 radical (unpaired) electrons. The van der Waals surface area contributed by atoms with Crippen LogP contribution in [0.2, 0.25) is 0 Å². The Morgan fingerprint density at radius 2 is 1.45 bits per heavy atom. The van der Waals surface area contributed by atoms with E-state index in [0.29, 0.717) is 56.3 Å². The molecule has 2 N–H and O–H groups in total. The van der Waals surface area contributed by atoms with Crippen molar-refractivity contribution >= 4 is 47.2 Å². The molecule has 0 atom stereocenters. The SMILES string of the molecule is COC(=O)c1c(-c2cc(OC)c(OC)c(OC)c2)c2ccc(OCc3ccncc3)cc2c(=O)n1-c1ccc(N)cc1.Cl.Cl. The maximum atomic E-state index is 14.2. The molecular formula is C32H31Cl2N3O7. The quantitative estimate of drug-likeness (QED) is 0.156. The number of nitrogen functional groups attached to an aromatic ring is 1. The molecule has 3 aromatic carbocycles. The van der Waals surface area contributed by atoms with Crippen LogP contribution in [0.1, 0.15) is 16.1 Å². The lowest BCUT2D eigenvalue weighted by Crippen LogP contribution is -2.27. The molecule has 0 amide bonds. The van der Waals surface area contributed by atoms with Crippen molar-refractivity contribution in [1.82, 2.24) is 9.55 Å². The predicted molar refractivity (Wildman–Crippen MR) is 173 cm³/mol. The Labute approximate surface area is 266 Å². The van der Waals surface area contributed by atoms with Crippen LogP contribution in [0, 0.1) is 0 Å². The fourth-order valence-corrected chi connectivity index (χ4v) is 4.79. The lowest BCUT2D eigenvalue weighted by atomic mass is 9.95. The van der Waals surface area contributed by atoms with E-state index in [1.54, 1.807) is 67.0 Å². The highest BCUT2D eigenvalue weighted by molar-refractivity contribution is 6.08. The summed E-state index contributed by atoms with van der Waals surface area (Å²) in [7, 11) is 5.77. The highest BCUT2D eigenvalue weighted by Gasteiger charge is 2.27. The average molecular weight is 641 g/mol. The zero-order chi connectivity index (χ0) is 29.8. The summed E-state index contributed by atoms with van der Waals surface area (Å²) in [5.74, 6) is 0.887. The third kappa shape index (κ3) is 6.36. The largest absolute Gasteiger partial charge is 0.493 e. The van der Waals surface area contributed by atoms with Gasteiger partial charge in [-0.3, -0.25) is 14.3 Å². The number of fused-ring (bicyclic) bond motifs is 1. The minimum atomic E-state index is -0.715. The van der Waals surface area contributed by atoms with E-state index in [1.165, 1.54) is 33.0 Å². The number of rotatable bonds is 9. The first-order valence-electron chi connectivity index (χ1n) is 12.9. The summed E-state index contributed by atoms with van der Waals surface area (Å²) >= 11 is 0. The maximum absolute atomic E-state index is 14.2. The second-order valence-corrected chi connectivity index (χ2v) is 9.21. The number of halogens is 2. The number of pyridine rings is 2. The highest BCUT2D eigenvalue weighted by atomic mass is 35.5. The summed E-state index contributed by atoms with van der Waals surface area (Å²) in [4.78, 5) is 31.7. The molecule has 0 bridgehead atoms. The number of hydrogen-bond acceptors (Lipinski definition) is 9. The summed E-state index contributed by atoms with van der Waals surface area (Å²) in [6.45, 7) is 0.278. The van der Waals surface area contributed by atoms with Gasteiger partial charge in [0.15, 0.2) is 11.5 Å². The van der Waals surface area contributed by atoms with Crippen molar-refractivity contribution in [3.63, 3.8) is 0 Å². The van der Waals surface area contributed by atoms with E-state index in [2.05, 4.69) is 4.98 Å². The molecule has 12 heteroatoms. The number of benzene rings is 3. The fourth-order valence-electron chi connectivity index (χ4n) is 4.79. The van der Waals surface area contributed by atoms with Gasteiger partial charge in [0.1, 0.15) is 18.1 Å². The van der Waals surface area contributed by atoms with Crippen molar-refractivity contribution in [1.29, 1.82) is 0 Å². The van der Waals surface area contributed by atoms with Gasteiger partial charge in [-0.05, 0) is 83.2 Å². The van der Waals surface area contributed by atoms with Gasteiger partial charge in [-0.25, -0.2) is 4.79 Å². The lowest BCUT2D eigenvalue weighted by molar-refractivity contribution is 0.0591. The zero-order valence-electron chi connectivity index (χ0n) is 24.4. The van der Waals surface area contributed by atoms with Crippen LogP contribution >= 0.6 is 24.8 Å². The maximum Gasteiger partial charge on any atom is 0.355 e. The summed E-state index contributed by atoms with van der Waals surface area (Å²) in [5, 5.41) is 0.813. The molecule has 0 aliphatic heterocycles. The Kier molecular flexibility index (Phi) is 11.1. The van der Waals surface area contributed by atoms with Crippen LogP contribution < -0.4 is 30.2 Å². The van der Waals surface area contributed by atoms with Gasteiger partial charge in [0.2, 0.25) is 5.75 Å². The number of ether oxygens (including phenoxy) is 5. The van der Waals surface area contributed by atoms with Crippen molar-refractivity contribution < 1.29 is 28.5 Å². The van der Waals surface area contributed by atoms with Crippen LogP contribution in [0.25, 0.3) is 27.6 Å². The fraction of sp³-hybridized carbons (Fsp3) is 0.156. The van der Waals surface area contributed by atoms with Crippen LogP contribution in [-0.2, 0) is 11.3 Å². The number of anilines is 1.